The van der Waals surface area contributed by atoms with E-state index in [1.54, 1.807) is 24.3 Å². The zero-order chi connectivity index (χ0) is 13.5. The quantitative estimate of drug-likeness (QED) is 0.461. The van der Waals surface area contributed by atoms with Crippen LogP contribution >= 0.6 is 0 Å². The van der Waals surface area contributed by atoms with E-state index >= 15 is 0 Å². The third kappa shape index (κ3) is 3.77. The molecule has 18 heavy (non-hydrogen) atoms. The number of nitrogens with zero attached hydrogens (tertiary/aromatic N) is 2. The molecule has 1 aromatic rings. The summed E-state index contributed by atoms with van der Waals surface area (Å²) in [4.78, 5) is 11.6. The molecule has 0 radical (unpaired) electrons. The lowest BCUT2D eigenvalue weighted by Gasteiger charge is -2.04. The van der Waals surface area contributed by atoms with Gasteiger partial charge in [-0.15, -0.1) is 0 Å². The molecule has 4 heteroatoms. The molecule has 0 amide bonds. The predicted molar refractivity (Wildman–Crippen MR) is 65.9 cm³/mol. The van der Waals surface area contributed by atoms with Crippen LogP contribution in [-0.2, 0) is 9.53 Å². The predicted octanol–water partition coefficient (Wildman–Crippen LogP) is 2.36. The number of ether oxygens (including phenoxy) is 1. The van der Waals surface area contributed by atoms with E-state index in [9.17, 15) is 4.79 Å². The number of carbonyl (C=O) groups excluding carboxylic acids is 1. The van der Waals surface area contributed by atoms with Crippen LogP contribution in [0, 0.1) is 29.6 Å². The lowest BCUT2D eigenvalue weighted by molar-refractivity contribution is -0.140. The summed E-state index contributed by atoms with van der Waals surface area (Å²) < 4.78 is 4.76. The van der Waals surface area contributed by atoms with Crippen molar-refractivity contribution in [3.8, 4) is 12.1 Å². The van der Waals surface area contributed by atoms with E-state index in [-0.39, 0.29) is 5.57 Å². The van der Waals surface area contributed by atoms with E-state index in [1.165, 1.54) is 13.0 Å². The Hall–Kier alpha value is -2.59. The molecule has 0 aliphatic carbocycles. The summed E-state index contributed by atoms with van der Waals surface area (Å²) in [5.41, 5.74) is 1.70. The Balaban J connectivity index is 2.90. The molecular formula is C14H12N2O2. The lowest BCUT2D eigenvalue weighted by atomic mass is 10.1. The Kier molecular flexibility index (Phi) is 4.66. The smallest absolute Gasteiger partial charge is 0.350 e. The first kappa shape index (κ1) is 13.5. The van der Waals surface area contributed by atoms with E-state index in [0.29, 0.717) is 0 Å². The first-order valence-electron chi connectivity index (χ1n) is 5.36. The first-order valence-corrected chi connectivity index (χ1v) is 5.36. The summed E-state index contributed by atoms with van der Waals surface area (Å²) in [5.74, 6) is -0.785. The van der Waals surface area contributed by atoms with E-state index in [0.717, 1.165) is 11.1 Å². The third-order valence-corrected chi connectivity index (χ3v) is 2.19. The van der Waals surface area contributed by atoms with Crippen LogP contribution in [-0.4, -0.2) is 12.1 Å². The summed E-state index contributed by atoms with van der Waals surface area (Å²) in [6.45, 7) is 3.39. The highest BCUT2D eigenvalue weighted by Gasteiger charge is 2.13. The van der Waals surface area contributed by atoms with Gasteiger partial charge in [-0.2, -0.15) is 10.5 Å². The highest BCUT2D eigenvalue weighted by molar-refractivity contribution is 5.98. The Bertz CT molecular complexity index is 545. The van der Waals surface area contributed by atoms with Crippen molar-refractivity contribution in [3.05, 3.63) is 41.0 Å². The monoisotopic (exact) mass is 240 g/mol. The van der Waals surface area contributed by atoms with Gasteiger partial charge in [0.2, 0.25) is 0 Å². The van der Waals surface area contributed by atoms with Crippen LogP contribution in [0.25, 0.3) is 6.08 Å². The largest absolute Gasteiger partial charge is 0.443 e. The average molecular weight is 240 g/mol. The summed E-state index contributed by atoms with van der Waals surface area (Å²) in [7, 11) is 0. The van der Waals surface area contributed by atoms with E-state index in [4.69, 9.17) is 15.3 Å². The molecule has 90 valence electrons. The van der Waals surface area contributed by atoms with E-state index in [2.05, 4.69) is 0 Å². The summed E-state index contributed by atoms with van der Waals surface area (Å²) in [6.07, 6.45) is 0.568. The van der Waals surface area contributed by atoms with Gasteiger partial charge < -0.3 is 4.74 Å². The van der Waals surface area contributed by atoms with Gasteiger partial charge in [0.25, 0.3) is 0 Å². The van der Waals surface area contributed by atoms with Gasteiger partial charge in [-0.25, -0.2) is 4.79 Å². The van der Waals surface area contributed by atoms with Gasteiger partial charge in [0, 0.05) is 0 Å². The van der Waals surface area contributed by atoms with E-state index in [1.807, 2.05) is 19.1 Å². The van der Waals surface area contributed by atoms with Crippen LogP contribution in [0.3, 0.4) is 0 Å². The number of hydrogen-bond donors (Lipinski definition) is 0. The first-order chi connectivity index (χ1) is 8.56. The maximum absolute atomic E-state index is 11.6. The number of esters is 1. The number of hydrogen-bond acceptors (Lipinski definition) is 4. The van der Waals surface area contributed by atoms with Gasteiger partial charge in [0.1, 0.15) is 17.7 Å². The fourth-order valence-electron chi connectivity index (χ4n) is 1.22. The molecule has 0 unspecified atom stereocenters. The maximum atomic E-state index is 11.6. The van der Waals surface area contributed by atoms with Crippen LogP contribution in [0.4, 0.5) is 0 Å². The summed E-state index contributed by atoms with van der Waals surface area (Å²) in [6, 6.07) is 10.9. The van der Waals surface area contributed by atoms with E-state index < -0.39 is 12.1 Å². The Morgan fingerprint density at radius 3 is 2.44 bits per heavy atom. The van der Waals surface area contributed by atoms with Gasteiger partial charge in [-0.05, 0) is 25.5 Å². The fourth-order valence-corrected chi connectivity index (χ4v) is 1.22. The maximum Gasteiger partial charge on any atom is 0.350 e. The summed E-state index contributed by atoms with van der Waals surface area (Å²) >= 11 is 0. The SMILES string of the molecule is Cc1ccc(/C=C(\C#N)C(=O)O[C@@H](C)C#N)cc1. The minimum absolute atomic E-state index is 0.124. The normalized spacial score (nSPS) is 12.1. The second-order valence-electron chi connectivity index (χ2n) is 3.76. The van der Waals surface area contributed by atoms with Gasteiger partial charge in [0.15, 0.2) is 6.10 Å². The number of rotatable bonds is 3. The fraction of sp³-hybridized carbons (Fsp3) is 0.214. The average Bonchev–Trinajstić information content (AvgIpc) is 2.37. The molecule has 0 aromatic heterocycles. The molecule has 0 aliphatic heterocycles. The van der Waals surface area contributed by atoms with Gasteiger partial charge >= 0.3 is 5.97 Å². The molecule has 1 aromatic carbocycles. The van der Waals surface area contributed by atoms with Gasteiger partial charge in [0.05, 0.1) is 0 Å². The van der Waals surface area contributed by atoms with Crippen LogP contribution in [0.2, 0.25) is 0 Å². The van der Waals surface area contributed by atoms with Crippen molar-refractivity contribution in [2.75, 3.05) is 0 Å². The molecule has 0 N–H and O–H groups in total. The highest BCUT2D eigenvalue weighted by atomic mass is 16.5. The van der Waals surface area contributed by atoms with Crippen molar-refractivity contribution in [2.24, 2.45) is 0 Å². The zero-order valence-corrected chi connectivity index (χ0v) is 10.2. The second kappa shape index (κ2) is 6.22. The van der Waals surface area contributed by atoms with Crippen molar-refractivity contribution in [3.63, 3.8) is 0 Å². The van der Waals surface area contributed by atoms with Crippen molar-refractivity contribution in [1.82, 2.24) is 0 Å². The van der Waals surface area contributed by atoms with Crippen LogP contribution in [0.5, 0.6) is 0 Å². The van der Waals surface area contributed by atoms with Crippen molar-refractivity contribution < 1.29 is 9.53 Å². The van der Waals surface area contributed by atoms with Crippen molar-refractivity contribution in [2.45, 2.75) is 20.0 Å². The molecule has 1 rings (SSSR count). The lowest BCUT2D eigenvalue weighted by Crippen LogP contribution is -2.14. The zero-order valence-electron chi connectivity index (χ0n) is 10.2. The van der Waals surface area contributed by atoms with Crippen LogP contribution in [0.1, 0.15) is 18.1 Å². The van der Waals surface area contributed by atoms with Crippen LogP contribution in [0.15, 0.2) is 29.8 Å². The molecule has 0 fully saturated rings. The molecule has 0 saturated heterocycles. The number of nitriles is 2. The minimum atomic E-state index is -0.868. The molecule has 0 aliphatic rings. The molecule has 4 nitrogen and oxygen atoms in total. The molecule has 0 bridgehead atoms. The molecule has 1 atom stereocenters. The van der Waals surface area contributed by atoms with Crippen molar-refractivity contribution >= 4 is 12.0 Å². The minimum Gasteiger partial charge on any atom is -0.443 e. The molecule has 0 saturated carbocycles. The topological polar surface area (TPSA) is 73.9 Å². The number of aryl methyl sites for hydroxylation is 1. The Morgan fingerprint density at radius 2 is 1.94 bits per heavy atom. The second-order valence-corrected chi connectivity index (χ2v) is 3.76. The summed E-state index contributed by atoms with van der Waals surface area (Å²) in [5, 5.41) is 17.4. The Labute approximate surface area is 106 Å². The Morgan fingerprint density at radius 1 is 1.33 bits per heavy atom. The van der Waals surface area contributed by atoms with Crippen molar-refractivity contribution in [1.29, 1.82) is 10.5 Å². The van der Waals surface area contributed by atoms with Gasteiger partial charge in [-0.3, -0.25) is 0 Å². The number of benzene rings is 1. The highest BCUT2D eigenvalue weighted by Crippen LogP contribution is 2.10. The molecule has 0 spiro atoms. The molecular weight excluding hydrogens is 228 g/mol. The number of carbonyl (C=O) groups is 1. The van der Waals surface area contributed by atoms with Crippen LogP contribution < -0.4 is 0 Å². The molecule has 0 heterocycles. The third-order valence-electron chi connectivity index (χ3n) is 2.19. The van der Waals surface area contributed by atoms with Gasteiger partial charge in [-0.1, -0.05) is 29.8 Å². The standard InChI is InChI=1S/C14H12N2O2/c1-10-3-5-12(6-4-10)7-13(9-16)14(17)18-11(2)8-15/h3-7,11H,1-2H3/b13-7+/t11-/m0/s1.